The number of nitrogens with one attached hydrogen (secondary N) is 2. The minimum absolute atomic E-state index is 0.0512. The van der Waals surface area contributed by atoms with Crippen LogP contribution in [0.5, 0.6) is 34.5 Å². The second-order valence-electron chi connectivity index (χ2n) is 34.1. The highest BCUT2D eigenvalue weighted by Gasteiger charge is 2.47. The van der Waals surface area contributed by atoms with Gasteiger partial charge in [-0.15, -0.1) is 22.7 Å². The minimum Gasteiger partial charge on any atom is -0.497 e. The van der Waals surface area contributed by atoms with Crippen LogP contribution in [-0.2, 0) is 4.79 Å². The highest BCUT2D eigenvalue weighted by molar-refractivity contribution is 7.14. The molecule has 102 heavy (non-hydrogen) atoms. The highest BCUT2D eigenvalue weighted by atomic mass is 32.1. The molecule has 12 rings (SSSR count). The summed E-state index contributed by atoms with van der Waals surface area (Å²) < 4.78 is 36.6. The summed E-state index contributed by atoms with van der Waals surface area (Å²) in [6, 6.07) is 35.9. The average Bonchev–Trinajstić information content (AvgIpc) is 1.51. The van der Waals surface area contributed by atoms with Gasteiger partial charge < -0.3 is 39.1 Å². The zero-order valence-corrected chi connectivity index (χ0v) is 66.6. The monoisotopic (exact) mass is 1420 g/mol. The molecule has 3 aliphatic rings. The minimum atomic E-state index is -0.149. The van der Waals surface area contributed by atoms with Crippen molar-refractivity contribution in [1.82, 2.24) is 39.6 Å². The predicted molar refractivity (Wildman–Crippen MR) is 422 cm³/mol. The number of rotatable bonds is 15. The summed E-state index contributed by atoms with van der Waals surface area (Å²) >= 11 is 2.97. The number of pyridine rings is 3. The maximum Gasteiger partial charge on any atom is 0.223 e. The van der Waals surface area contributed by atoms with E-state index < -0.39 is 0 Å². The Morgan fingerprint density at radius 1 is 0.441 bits per heavy atom. The number of amides is 1. The van der Waals surface area contributed by atoms with E-state index in [1.54, 1.807) is 32.7 Å². The van der Waals surface area contributed by atoms with Gasteiger partial charge in [0.2, 0.25) is 5.91 Å². The fraction of sp³-hybridized carbons (Fsp3) is 0.518. The molecule has 19 heteroatoms. The van der Waals surface area contributed by atoms with Gasteiger partial charge >= 0.3 is 0 Å². The van der Waals surface area contributed by atoms with Gasteiger partial charge in [0.15, 0.2) is 10.3 Å². The number of ether oxygens (including phenoxy) is 6. The van der Waals surface area contributed by atoms with E-state index in [2.05, 4.69) is 205 Å². The summed E-state index contributed by atoms with van der Waals surface area (Å²) in [7, 11) is 5.01. The molecule has 0 spiro atoms. The van der Waals surface area contributed by atoms with Crippen LogP contribution in [-0.4, -0.2) is 146 Å². The number of hydrogen-bond donors (Lipinski definition) is 2. The number of likely N-dealkylation sites (tertiary alicyclic amines) is 3. The van der Waals surface area contributed by atoms with Gasteiger partial charge in [-0.25, -0.2) is 24.9 Å². The zero-order chi connectivity index (χ0) is 74.2. The lowest BCUT2D eigenvalue weighted by Gasteiger charge is -2.42. The number of fused-ring (bicyclic) bond motifs is 3. The molecule has 2 N–H and O–H groups in total. The van der Waals surface area contributed by atoms with Crippen molar-refractivity contribution in [3.8, 4) is 68.5 Å². The molecule has 0 bridgehead atoms. The largest absolute Gasteiger partial charge is 0.497 e. The third kappa shape index (κ3) is 18.6. The fourth-order valence-corrected chi connectivity index (χ4v) is 16.0. The molecule has 8 heterocycles. The Bertz CT molecular complexity index is 4290. The molecule has 4 aromatic carbocycles. The molecule has 3 saturated heterocycles. The molecule has 3 fully saturated rings. The van der Waals surface area contributed by atoms with E-state index in [4.69, 9.17) is 48.4 Å². The second kappa shape index (κ2) is 30.6. The van der Waals surface area contributed by atoms with Crippen LogP contribution in [0.4, 0.5) is 10.3 Å². The number of thiazole rings is 2. The Kier molecular flexibility index (Phi) is 23.1. The average molecular weight is 1430 g/mol. The summed E-state index contributed by atoms with van der Waals surface area (Å²) in [5, 5.41) is 14.5. The van der Waals surface area contributed by atoms with Crippen molar-refractivity contribution in [1.29, 1.82) is 0 Å². The molecule has 9 aromatic rings. The Hall–Kier alpha value is -7.68. The van der Waals surface area contributed by atoms with Crippen molar-refractivity contribution in [3.63, 3.8) is 0 Å². The van der Waals surface area contributed by atoms with Gasteiger partial charge in [-0.1, -0.05) is 92.6 Å². The van der Waals surface area contributed by atoms with Gasteiger partial charge in [0.25, 0.3) is 0 Å². The van der Waals surface area contributed by atoms with Crippen LogP contribution >= 0.6 is 22.7 Å². The van der Waals surface area contributed by atoms with Crippen LogP contribution < -0.4 is 39.1 Å². The summed E-state index contributed by atoms with van der Waals surface area (Å²) in [5.74, 6) is 4.70. The normalized spacial score (nSPS) is 19.5. The summed E-state index contributed by atoms with van der Waals surface area (Å²) in [5.41, 5.74) is 8.30. The van der Waals surface area contributed by atoms with Gasteiger partial charge in [0.05, 0.1) is 55.0 Å². The van der Waals surface area contributed by atoms with Crippen LogP contribution in [0.1, 0.15) is 165 Å². The number of methoxy groups -OCH3 is 3. The quantitative estimate of drug-likeness (QED) is 0.0992. The van der Waals surface area contributed by atoms with Crippen LogP contribution in [0.3, 0.4) is 0 Å². The SMILES string of the molecule is COc1ccc2c(OC3CC(C(C)(C)C)N(C(C)(C)C)C3)cc(-c3ccccc3)nc2c1.COc1ccc2c(OC3CC(C(C)(C)C)N(C(C)(C)C)C3)cc(-c3csc(NC(C)=O)n3)nc2c1.COc1ccc2c(OC3CC(C(C)(C)C)N(C(C)(C)C)C3)cc(-c3csc(NC(C)C)n3)nc2c1. The van der Waals surface area contributed by atoms with Crippen LogP contribution in [0.25, 0.3) is 66.7 Å². The number of carbonyl (C=O) groups excluding carboxylic acids is 1. The van der Waals surface area contributed by atoms with Gasteiger partial charge in [0.1, 0.15) is 64.2 Å². The summed E-state index contributed by atoms with van der Waals surface area (Å²) in [4.78, 5) is 43.3. The molecular formula is C83H112N10O7S2. The van der Waals surface area contributed by atoms with Crippen molar-refractivity contribution in [2.75, 3.05) is 51.6 Å². The smallest absolute Gasteiger partial charge is 0.223 e. The van der Waals surface area contributed by atoms with Crippen molar-refractivity contribution in [2.24, 2.45) is 16.2 Å². The topological polar surface area (TPSA) is 171 Å². The first-order valence-corrected chi connectivity index (χ1v) is 37.8. The maximum absolute atomic E-state index is 11.4. The number of benzene rings is 4. The maximum atomic E-state index is 11.4. The molecule has 3 aliphatic heterocycles. The molecule has 548 valence electrons. The van der Waals surface area contributed by atoms with E-state index in [0.29, 0.717) is 40.7 Å². The Morgan fingerprint density at radius 2 is 0.775 bits per heavy atom. The number of nitrogens with zero attached hydrogens (tertiary/aromatic N) is 8. The lowest BCUT2D eigenvalue weighted by Crippen LogP contribution is -2.49. The molecule has 0 saturated carbocycles. The second-order valence-corrected chi connectivity index (χ2v) is 35.8. The van der Waals surface area contributed by atoms with Crippen molar-refractivity contribution in [3.05, 3.63) is 114 Å². The number of aromatic nitrogens is 5. The lowest BCUT2D eigenvalue weighted by molar-refractivity contribution is -0.114. The van der Waals surface area contributed by atoms with Crippen molar-refractivity contribution < 1.29 is 33.2 Å². The molecule has 6 unspecified atom stereocenters. The highest BCUT2D eigenvalue weighted by Crippen LogP contribution is 2.45. The van der Waals surface area contributed by atoms with E-state index in [-0.39, 0.29) is 57.1 Å². The first-order chi connectivity index (χ1) is 47.7. The van der Waals surface area contributed by atoms with E-state index >= 15 is 0 Å². The standard InChI is InChI=1S/C28H40N4O2S.C28H36N2O2.C27H36N4O3S/c1-17(2)29-26-31-23(16-35-26)22-14-24(20-11-10-18(33-9)12-21(20)30-22)34-19-13-25(27(3,4)5)32(15-19)28(6,7)8;1-27(2,3)26-16-21(18-30(26)28(4,5)6)32-25-17-23(19-11-9-8-10-12-19)29-24-15-20(31-7)13-14-22(24)25;1-16(32)28-25-30-22(15-35-25)21-13-23(19-10-9-17(33-8)11-20(19)29-21)34-18-12-24(26(2,3)4)31(14-18)27(5,6)7/h10-12,14,16-17,19,25H,13,15H2,1-9H3,(H,29,31);8-15,17,21,26H,16,18H2,1-7H3;9-11,13,15,18,24H,12,14H2,1-8H3,(H,28,30,32). The van der Waals surface area contributed by atoms with Crippen molar-refractivity contribution in [2.45, 2.75) is 224 Å². The zero-order valence-electron chi connectivity index (χ0n) is 65.0. The lowest BCUT2D eigenvalue weighted by atomic mass is 9.83. The van der Waals surface area contributed by atoms with Crippen LogP contribution in [0, 0.1) is 16.2 Å². The number of carbonyl (C=O) groups is 1. The third-order valence-electron chi connectivity index (χ3n) is 19.5. The molecule has 17 nitrogen and oxygen atoms in total. The van der Waals surface area contributed by atoms with E-state index in [1.807, 2.05) is 78.2 Å². The predicted octanol–water partition coefficient (Wildman–Crippen LogP) is 19.4. The molecule has 1 amide bonds. The molecular weight excluding hydrogens is 1310 g/mol. The molecule has 6 atom stereocenters. The van der Waals surface area contributed by atoms with E-state index in [9.17, 15) is 4.79 Å². The first kappa shape index (κ1) is 76.9. The molecule has 5 aromatic heterocycles. The number of anilines is 2. The Balaban J connectivity index is 0.000000165. The van der Waals surface area contributed by atoms with E-state index in [1.165, 1.54) is 18.3 Å². The van der Waals surface area contributed by atoms with E-state index in [0.717, 1.165) is 134 Å². The van der Waals surface area contributed by atoms with Crippen LogP contribution in [0.2, 0.25) is 0 Å². The first-order valence-electron chi connectivity index (χ1n) is 36.0. The summed E-state index contributed by atoms with van der Waals surface area (Å²) in [6.45, 7) is 49.9. The number of hydrogen-bond acceptors (Lipinski definition) is 18. The Labute approximate surface area is 614 Å². The summed E-state index contributed by atoms with van der Waals surface area (Å²) in [6.07, 6.45) is 3.27. The fourth-order valence-electron chi connectivity index (χ4n) is 14.4. The van der Waals surface area contributed by atoms with Crippen LogP contribution in [0.15, 0.2) is 114 Å². The van der Waals surface area contributed by atoms with Gasteiger partial charge in [0, 0.05) is 155 Å². The molecule has 0 radical (unpaired) electrons. The van der Waals surface area contributed by atoms with Gasteiger partial charge in [-0.05, 0) is 129 Å². The molecule has 0 aliphatic carbocycles. The third-order valence-corrected chi connectivity index (χ3v) is 21.0. The van der Waals surface area contributed by atoms with Gasteiger partial charge in [-0.3, -0.25) is 19.5 Å². The van der Waals surface area contributed by atoms with Gasteiger partial charge in [-0.2, -0.15) is 0 Å². The Morgan fingerprint density at radius 3 is 1.09 bits per heavy atom. The van der Waals surface area contributed by atoms with Crippen molar-refractivity contribution >= 4 is 71.6 Å².